The highest BCUT2D eigenvalue weighted by molar-refractivity contribution is 6.24. The molecule has 2 fully saturated rings. The van der Waals surface area contributed by atoms with Crippen molar-refractivity contribution in [3.63, 3.8) is 0 Å². The first-order valence-electron chi connectivity index (χ1n) is 12.1. The summed E-state index contributed by atoms with van der Waals surface area (Å²) in [6.07, 6.45) is 3.58. The van der Waals surface area contributed by atoms with Crippen LogP contribution in [0.1, 0.15) is 44.8 Å². The molecule has 2 saturated heterocycles. The Kier molecular flexibility index (Phi) is 5.30. The topological polar surface area (TPSA) is 118 Å². The fourth-order valence-corrected chi connectivity index (χ4v) is 5.90. The van der Waals surface area contributed by atoms with Gasteiger partial charge >= 0.3 is 0 Å². The van der Waals surface area contributed by atoms with Gasteiger partial charge in [0.05, 0.1) is 28.5 Å². The molecule has 0 spiro atoms. The smallest absolute Gasteiger partial charge is 0.270 e. The van der Waals surface area contributed by atoms with Crippen LogP contribution in [0.3, 0.4) is 0 Å². The minimum Gasteiger partial charge on any atom is -0.358 e. The van der Waals surface area contributed by atoms with E-state index >= 15 is 0 Å². The SMILES string of the molecule is CC(=O)c1ccc(N2C(=O)[C@@H]3[C@H](C2=O)[C@@H]2c4ccccc4C=CN2[C@H]3C(=O)c2cccc([N+](=O)[O-])c2)cc1. The number of nitro groups is 1. The van der Waals surface area contributed by atoms with Gasteiger partial charge in [-0.1, -0.05) is 36.4 Å². The van der Waals surface area contributed by atoms with Crippen LogP contribution in [0.5, 0.6) is 0 Å². The lowest BCUT2D eigenvalue weighted by Crippen LogP contribution is -2.44. The number of Topliss-reactive ketones (excluding diaryl/α,β-unsaturated/α-hetero) is 2. The molecule has 2 amide bonds. The molecule has 0 saturated carbocycles. The highest BCUT2D eigenvalue weighted by Crippen LogP contribution is 2.53. The zero-order valence-electron chi connectivity index (χ0n) is 20.2. The standard InChI is InChI=1S/C29H21N3O6/c1-16(33)17-9-11-20(12-10-17)31-28(35)23-24(29(31)36)26(27(34)19-6-4-7-21(15-19)32(37)38)30-14-13-18-5-2-3-8-22(18)25(23)30/h2-15,23-26H,1H3/t23-,24+,25-,26+/m0/s1. The van der Waals surface area contributed by atoms with Crippen LogP contribution in [0.25, 0.3) is 6.08 Å². The Balaban J connectivity index is 1.47. The van der Waals surface area contributed by atoms with Crippen LogP contribution < -0.4 is 4.90 Å². The molecule has 38 heavy (non-hydrogen) atoms. The quantitative estimate of drug-likeness (QED) is 0.220. The summed E-state index contributed by atoms with van der Waals surface area (Å²) in [6.45, 7) is 1.43. The van der Waals surface area contributed by atoms with E-state index in [-0.39, 0.29) is 17.0 Å². The van der Waals surface area contributed by atoms with Crippen LogP contribution in [-0.2, 0) is 9.59 Å². The van der Waals surface area contributed by atoms with Crippen molar-refractivity contribution in [1.29, 1.82) is 0 Å². The van der Waals surface area contributed by atoms with E-state index in [1.807, 2.05) is 30.3 Å². The molecule has 3 aromatic carbocycles. The molecule has 9 heteroatoms. The Bertz CT molecular complexity index is 1580. The largest absolute Gasteiger partial charge is 0.358 e. The van der Waals surface area contributed by atoms with Gasteiger partial charge in [0.2, 0.25) is 11.8 Å². The molecular weight excluding hydrogens is 486 g/mol. The van der Waals surface area contributed by atoms with E-state index in [9.17, 15) is 29.3 Å². The number of imide groups is 1. The number of non-ortho nitro benzene ring substituents is 1. The average molecular weight is 508 g/mol. The van der Waals surface area contributed by atoms with Gasteiger partial charge in [0.15, 0.2) is 11.6 Å². The Labute approximate surface area is 217 Å². The molecule has 9 nitrogen and oxygen atoms in total. The molecule has 0 aliphatic carbocycles. The van der Waals surface area contributed by atoms with Gasteiger partial charge in [-0.3, -0.25) is 29.3 Å². The van der Waals surface area contributed by atoms with Crippen molar-refractivity contribution < 1.29 is 24.1 Å². The van der Waals surface area contributed by atoms with Gasteiger partial charge in [0, 0.05) is 29.5 Å². The van der Waals surface area contributed by atoms with Crippen molar-refractivity contribution in [2.75, 3.05) is 4.90 Å². The maximum Gasteiger partial charge on any atom is 0.270 e. The van der Waals surface area contributed by atoms with E-state index < -0.39 is 46.4 Å². The van der Waals surface area contributed by atoms with E-state index in [2.05, 4.69) is 0 Å². The maximum atomic E-state index is 13.9. The van der Waals surface area contributed by atoms with Gasteiger partial charge in [-0.05, 0) is 48.4 Å². The zero-order chi connectivity index (χ0) is 26.7. The number of carbonyl (C=O) groups is 4. The van der Waals surface area contributed by atoms with Gasteiger partial charge < -0.3 is 4.90 Å². The van der Waals surface area contributed by atoms with Crippen LogP contribution in [0.4, 0.5) is 11.4 Å². The first kappa shape index (κ1) is 23.5. The van der Waals surface area contributed by atoms with Crippen molar-refractivity contribution in [3.8, 4) is 0 Å². The number of rotatable bonds is 5. The van der Waals surface area contributed by atoms with Crippen molar-refractivity contribution >= 4 is 40.8 Å². The lowest BCUT2D eigenvalue weighted by Gasteiger charge is -2.35. The average Bonchev–Trinajstić information content (AvgIpc) is 3.40. The highest BCUT2D eigenvalue weighted by atomic mass is 16.6. The summed E-state index contributed by atoms with van der Waals surface area (Å²) in [6, 6.07) is 17.6. The number of fused-ring (bicyclic) bond motifs is 5. The molecular formula is C29H21N3O6. The fraction of sp³-hybridized carbons (Fsp3) is 0.172. The maximum absolute atomic E-state index is 13.9. The summed E-state index contributed by atoms with van der Waals surface area (Å²) in [4.78, 5) is 67.1. The normalized spacial score (nSPS) is 23.2. The Hall–Kier alpha value is -4.92. The summed E-state index contributed by atoms with van der Waals surface area (Å²) >= 11 is 0. The monoisotopic (exact) mass is 507 g/mol. The summed E-state index contributed by atoms with van der Waals surface area (Å²) in [5, 5.41) is 11.4. The third-order valence-corrected chi connectivity index (χ3v) is 7.60. The summed E-state index contributed by atoms with van der Waals surface area (Å²) in [5.74, 6) is -3.39. The lowest BCUT2D eigenvalue weighted by molar-refractivity contribution is -0.384. The van der Waals surface area contributed by atoms with Crippen molar-refractivity contribution in [2.45, 2.75) is 19.0 Å². The predicted octanol–water partition coefficient (Wildman–Crippen LogP) is 4.20. The van der Waals surface area contributed by atoms with Crippen LogP contribution in [0, 0.1) is 22.0 Å². The number of hydrogen-bond donors (Lipinski definition) is 0. The Morgan fingerprint density at radius 1 is 0.868 bits per heavy atom. The molecule has 3 heterocycles. The molecule has 3 aliphatic rings. The molecule has 0 N–H and O–H groups in total. The van der Waals surface area contributed by atoms with Gasteiger partial charge in [-0.25, -0.2) is 4.90 Å². The summed E-state index contributed by atoms with van der Waals surface area (Å²) in [7, 11) is 0. The van der Waals surface area contributed by atoms with Crippen molar-refractivity contribution in [3.05, 3.63) is 111 Å². The van der Waals surface area contributed by atoms with E-state index in [1.54, 1.807) is 35.4 Å². The van der Waals surface area contributed by atoms with E-state index in [0.29, 0.717) is 11.3 Å². The van der Waals surface area contributed by atoms with Crippen LogP contribution >= 0.6 is 0 Å². The predicted molar refractivity (Wildman–Crippen MR) is 137 cm³/mol. The minimum atomic E-state index is -1.03. The minimum absolute atomic E-state index is 0.0976. The molecule has 3 aromatic rings. The van der Waals surface area contributed by atoms with E-state index in [1.165, 1.54) is 31.2 Å². The molecule has 3 aliphatic heterocycles. The Morgan fingerprint density at radius 3 is 2.29 bits per heavy atom. The van der Waals surface area contributed by atoms with Gasteiger partial charge in [0.25, 0.3) is 5.69 Å². The van der Waals surface area contributed by atoms with Crippen molar-refractivity contribution in [1.82, 2.24) is 4.90 Å². The molecule has 0 bridgehead atoms. The van der Waals surface area contributed by atoms with Gasteiger partial charge in [-0.2, -0.15) is 0 Å². The second-order valence-corrected chi connectivity index (χ2v) is 9.62. The molecule has 0 unspecified atom stereocenters. The Morgan fingerprint density at radius 2 is 1.58 bits per heavy atom. The van der Waals surface area contributed by atoms with Crippen molar-refractivity contribution in [2.24, 2.45) is 11.8 Å². The summed E-state index contributed by atoms with van der Waals surface area (Å²) < 4.78 is 0. The highest BCUT2D eigenvalue weighted by Gasteiger charge is 2.64. The molecule has 6 rings (SSSR count). The zero-order valence-corrected chi connectivity index (χ0v) is 20.2. The second kappa shape index (κ2) is 8.58. The van der Waals surface area contributed by atoms with Crippen LogP contribution in [-0.4, -0.2) is 39.2 Å². The number of nitro benzene ring substituents is 1. The molecule has 4 atom stereocenters. The number of hydrogen-bond acceptors (Lipinski definition) is 7. The molecule has 0 aromatic heterocycles. The lowest BCUT2D eigenvalue weighted by atomic mass is 9.83. The second-order valence-electron chi connectivity index (χ2n) is 9.62. The number of nitrogens with zero attached hydrogens (tertiary/aromatic N) is 3. The number of carbonyl (C=O) groups excluding carboxylic acids is 4. The fourth-order valence-electron chi connectivity index (χ4n) is 5.90. The summed E-state index contributed by atoms with van der Waals surface area (Å²) in [5.41, 5.74) is 2.36. The van der Waals surface area contributed by atoms with Gasteiger partial charge in [0.1, 0.15) is 6.04 Å². The van der Waals surface area contributed by atoms with Gasteiger partial charge in [-0.15, -0.1) is 0 Å². The van der Waals surface area contributed by atoms with Crippen LogP contribution in [0.2, 0.25) is 0 Å². The molecule has 188 valence electrons. The van der Waals surface area contributed by atoms with E-state index in [0.717, 1.165) is 16.0 Å². The number of amides is 2. The third-order valence-electron chi connectivity index (χ3n) is 7.60. The third kappa shape index (κ3) is 3.39. The number of benzene rings is 3. The first-order valence-corrected chi connectivity index (χ1v) is 12.1. The number of anilines is 1. The van der Waals surface area contributed by atoms with Crippen LogP contribution in [0.15, 0.2) is 79.0 Å². The van der Waals surface area contributed by atoms with E-state index in [4.69, 9.17) is 0 Å². The molecule has 0 radical (unpaired) electrons. The number of ketones is 2. The first-order chi connectivity index (χ1) is 18.3.